The van der Waals surface area contributed by atoms with Crippen molar-refractivity contribution in [1.82, 2.24) is 9.80 Å². The Morgan fingerprint density at radius 2 is 1.74 bits per heavy atom. The summed E-state index contributed by atoms with van der Waals surface area (Å²) < 4.78 is 13.6. The van der Waals surface area contributed by atoms with E-state index in [0.717, 1.165) is 52.7 Å². The second-order valence-electron chi connectivity index (χ2n) is 11.5. The van der Waals surface area contributed by atoms with Crippen LogP contribution in [0.4, 0.5) is 10.1 Å². The van der Waals surface area contributed by atoms with Crippen LogP contribution in [0.1, 0.15) is 36.0 Å². The number of rotatable bonds is 5. The molecule has 3 fully saturated rings. The molecule has 3 unspecified atom stereocenters. The van der Waals surface area contributed by atoms with Gasteiger partial charge in [-0.05, 0) is 73.2 Å². The van der Waals surface area contributed by atoms with Crippen molar-refractivity contribution >= 4 is 46.9 Å². The molecular weight excluding hydrogens is 569 g/mol. The smallest absolute Gasteiger partial charge is 0.260 e. The predicted molar refractivity (Wildman–Crippen MR) is 169 cm³/mol. The van der Waals surface area contributed by atoms with E-state index in [1.165, 1.54) is 17.7 Å². The predicted octanol–water partition coefficient (Wildman–Crippen LogP) is 6.79. The Morgan fingerprint density at radius 1 is 1.00 bits per heavy atom. The van der Waals surface area contributed by atoms with E-state index in [1.807, 2.05) is 64.4 Å². The number of carbonyl (C=O) groups is 2. The Kier molecular flexibility index (Phi) is 8.59. The molecule has 2 aliphatic heterocycles. The van der Waals surface area contributed by atoms with Gasteiger partial charge in [0.1, 0.15) is 5.82 Å². The third-order valence-corrected chi connectivity index (χ3v) is 10.4. The lowest BCUT2D eigenvalue weighted by Gasteiger charge is -2.47. The summed E-state index contributed by atoms with van der Waals surface area (Å²) >= 11 is 7.91. The van der Waals surface area contributed by atoms with Crippen LogP contribution in [0.3, 0.4) is 0 Å². The minimum absolute atomic E-state index is 0.0203. The average Bonchev–Trinajstić information content (AvgIpc) is 3.01. The van der Waals surface area contributed by atoms with E-state index in [1.54, 1.807) is 23.9 Å². The van der Waals surface area contributed by atoms with Gasteiger partial charge in [-0.3, -0.25) is 9.59 Å². The fourth-order valence-corrected chi connectivity index (χ4v) is 8.02. The molecule has 218 valence electrons. The first-order valence-corrected chi connectivity index (χ1v) is 15.9. The van der Waals surface area contributed by atoms with Crippen molar-refractivity contribution in [3.05, 3.63) is 105 Å². The Labute approximate surface area is 256 Å². The van der Waals surface area contributed by atoms with E-state index in [-0.39, 0.29) is 34.8 Å². The highest BCUT2D eigenvalue weighted by atomic mass is 35.5. The Balaban J connectivity index is 1.17. The molecule has 1 saturated carbocycles. The summed E-state index contributed by atoms with van der Waals surface area (Å²) in [6.45, 7) is 5.36. The second kappa shape index (κ2) is 12.5. The van der Waals surface area contributed by atoms with Crippen LogP contribution in [0.5, 0.6) is 0 Å². The number of fused-ring (bicyclic) bond motifs is 1. The lowest BCUT2D eigenvalue weighted by Crippen LogP contribution is -2.55. The number of amides is 2. The Bertz CT molecular complexity index is 1470. The summed E-state index contributed by atoms with van der Waals surface area (Å²) in [6, 6.07) is 22.2. The van der Waals surface area contributed by atoms with Gasteiger partial charge in [0.25, 0.3) is 5.91 Å². The van der Waals surface area contributed by atoms with Crippen LogP contribution in [0.15, 0.2) is 77.7 Å². The molecule has 3 atom stereocenters. The van der Waals surface area contributed by atoms with E-state index in [2.05, 4.69) is 11.8 Å². The first kappa shape index (κ1) is 28.8. The molecule has 0 radical (unpaired) electrons. The van der Waals surface area contributed by atoms with Gasteiger partial charge in [0.2, 0.25) is 5.91 Å². The molecule has 8 heteroatoms. The van der Waals surface area contributed by atoms with E-state index in [9.17, 15) is 14.0 Å². The molecule has 0 bridgehead atoms. The number of aryl methyl sites for hydroxylation is 1. The molecule has 0 N–H and O–H groups in total. The number of piperazine rings is 1. The van der Waals surface area contributed by atoms with E-state index < -0.39 is 0 Å². The summed E-state index contributed by atoms with van der Waals surface area (Å²) in [6.07, 6.45) is 4.31. The monoisotopic (exact) mass is 603 g/mol. The van der Waals surface area contributed by atoms with Gasteiger partial charge >= 0.3 is 0 Å². The molecule has 2 saturated heterocycles. The Hall–Kier alpha value is -3.29. The quantitative estimate of drug-likeness (QED) is 0.301. The minimum Gasteiger partial charge on any atom is -0.368 e. The first-order chi connectivity index (χ1) is 20.4. The number of halogens is 2. The zero-order valence-electron chi connectivity index (χ0n) is 23.7. The van der Waals surface area contributed by atoms with E-state index >= 15 is 0 Å². The molecule has 3 aromatic carbocycles. The number of anilines is 1. The summed E-state index contributed by atoms with van der Waals surface area (Å²) in [5.41, 5.74) is 4.18. The van der Waals surface area contributed by atoms with Crippen molar-refractivity contribution in [2.45, 2.75) is 44.0 Å². The van der Waals surface area contributed by atoms with Gasteiger partial charge in [0.15, 0.2) is 0 Å². The third kappa shape index (κ3) is 6.23. The van der Waals surface area contributed by atoms with Gasteiger partial charge in [0.05, 0.1) is 4.91 Å². The topological polar surface area (TPSA) is 43.9 Å². The van der Waals surface area contributed by atoms with Crippen molar-refractivity contribution in [2.24, 2.45) is 5.92 Å². The first-order valence-electron chi connectivity index (χ1n) is 14.6. The molecule has 1 aliphatic carbocycles. The third-order valence-electron chi connectivity index (χ3n) is 8.72. The highest BCUT2D eigenvalue weighted by Gasteiger charge is 2.45. The number of hydrogen-bond acceptors (Lipinski definition) is 4. The van der Waals surface area contributed by atoms with Crippen molar-refractivity contribution in [2.75, 3.05) is 31.1 Å². The lowest BCUT2D eigenvalue weighted by molar-refractivity contribution is -0.140. The lowest BCUT2D eigenvalue weighted by atomic mass is 9.83. The molecule has 2 amide bonds. The molecule has 0 aromatic heterocycles. The normalized spacial score (nSPS) is 23.7. The van der Waals surface area contributed by atoms with Crippen LogP contribution in [0.2, 0.25) is 5.02 Å². The number of benzene rings is 3. The number of carbonyl (C=O) groups excluding carboxylic acids is 2. The molecule has 6 rings (SSSR count). The van der Waals surface area contributed by atoms with E-state index in [0.29, 0.717) is 26.1 Å². The van der Waals surface area contributed by atoms with Crippen LogP contribution in [-0.4, -0.2) is 59.1 Å². The molecule has 5 nitrogen and oxygen atoms in total. The van der Waals surface area contributed by atoms with Crippen LogP contribution >= 0.6 is 23.4 Å². The summed E-state index contributed by atoms with van der Waals surface area (Å²) in [5.74, 6) is -0.237. The average molecular weight is 604 g/mol. The van der Waals surface area contributed by atoms with Crippen molar-refractivity contribution in [3.63, 3.8) is 0 Å². The van der Waals surface area contributed by atoms with Crippen LogP contribution < -0.4 is 4.90 Å². The molecular formula is C34H35ClFN3O2S. The van der Waals surface area contributed by atoms with Crippen LogP contribution in [0.25, 0.3) is 6.08 Å². The van der Waals surface area contributed by atoms with Gasteiger partial charge in [-0.1, -0.05) is 60.1 Å². The maximum Gasteiger partial charge on any atom is 0.260 e. The maximum absolute atomic E-state index is 13.9. The molecule has 3 aromatic rings. The van der Waals surface area contributed by atoms with Gasteiger partial charge in [-0.25, -0.2) is 4.39 Å². The highest BCUT2D eigenvalue weighted by Crippen LogP contribution is 2.45. The zero-order chi connectivity index (χ0) is 29.2. The summed E-state index contributed by atoms with van der Waals surface area (Å²) in [5, 5.41) is 0.933. The van der Waals surface area contributed by atoms with Gasteiger partial charge in [-0.15, -0.1) is 11.8 Å². The SMILES string of the molecule is Cc1ccc(Cl)cc1N1CCN(C(=O)C2CCC3S/C(=C\c4ccccc4)C(=O)N(Cc4ccc(F)cc4)C3C2)CC1. The zero-order valence-corrected chi connectivity index (χ0v) is 25.3. The highest BCUT2D eigenvalue weighted by molar-refractivity contribution is 8.04. The van der Waals surface area contributed by atoms with Crippen LogP contribution in [0, 0.1) is 18.7 Å². The molecule has 42 heavy (non-hydrogen) atoms. The fourth-order valence-electron chi connectivity index (χ4n) is 6.44. The number of nitrogens with zero attached hydrogens (tertiary/aromatic N) is 3. The number of hydrogen-bond donors (Lipinski definition) is 0. The van der Waals surface area contributed by atoms with Crippen molar-refractivity contribution < 1.29 is 14.0 Å². The van der Waals surface area contributed by atoms with Crippen molar-refractivity contribution in [1.29, 1.82) is 0 Å². The molecule has 2 heterocycles. The van der Waals surface area contributed by atoms with E-state index in [4.69, 9.17) is 11.6 Å². The molecule has 3 aliphatic rings. The van der Waals surface area contributed by atoms with Gasteiger partial charge < -0.3 is 14.7 Å². The van der Waals surface area contributed by atoms with Crippen molar-refractivity contribution in [3.8, 4) is 0 Å². The van der Waals surface area contributed by atoms with Gasteiger partial charge in [-0.2, -0.15) is 0 Å². The minimum atomic E-state index is -0.296. The molecule has 0 spiro atoms. The standard InChI is InChI=1S/C34H35ClFN3O2S/c1-23-7-11-27(35)21-29(23)37-15-17-38(18-16-37)33(40)26-10-14-31-30(20-26)39(22-25-8-12-28(36)13-9-25)34(41)32(42-31)19-24-5-3-2-4-6-24/h2-9,11-13,19,21,26,30-31H,10,14-18,20,22H2,1H3/b32-19-. The Morgan fingerprint density at radius 3 is 2.48 bits per heavy atom. The second-order valence-corrected chi connectivity index (χ2v) is 13.2. The largest absolute Gasteiger partial charge is 0.368 e. The maximum atomic E-state index is 13.9. The van der Waals surface area contributed by atoms with Crippen LogP contribution in [-0.2, 0) is 16.1 Å². The fraction of sp³-hybridized carbons (Fsp3) is 0.353. The summed E-state index contributed by atoms with van der Waals surface area (Å²) in [4.78, 5) is 34.7. The summed E-state index contributed by atoms with van der Waals surface area (Å²) in [7, 11) is 0. The number of thioether (sulfide) groups is 1. The van der Waals surface area contributed by atoms with Gasteiger partial charge in [0, 0.05) is 60.6 Å².